The van der Waals surface area contributed by atoms with E-state index in [1.807, 2.05) is 31.5 Å². The van der Waals surface area contributed by atoms with Crippen molar-refractivity contribution in [3.05, 3.63) is 69.5 Å². The monoisotopic (exact) mass is 415 g/mol. The molecule has 0 radical (unpaired) electrons. The van der Waals surface area contributed by atoms with E-state index in [1.54, 1.807) is 24.3 Å². The van der Waals surface area contributed by atoms with Crippen LogP contribution >= 0.6 is 23.4 Å². The largest absolute Gasteiger partial charge is 0.486 e. The molecule has 0 unspecified atom stereocenters. The molecule has 0 bridgehead atoms. The number of carbonyl (C=O) groups excluding carboxylic acids is 1. The lowest BCUT2D eigenvalue weighted by atomic mass is 9.99. The zero-order chi connectivity index (χ0) is 20.3. The van der Waals surface area contributed by atoms with Crippen LogP contribution in [0.5, 0.6) is 5.75 Å². The normalized spacial score (nSPS) is 10.9. The number of aromatic nitrogens is 3. The van der Waals surface area contributed by atoms with Gasteiger partial charge >= 0.3 is 0 Å². The molecule has 7 heteroatoms. The van der Waals surface area contributed by atoms with Gasteiger partial charge in [-0.15, -0.1) is 10.2 Å². The molecule has 146 valence electrons. The zero-order valence-corrected chi connectivity index (χ0v) is 17.9. The third-order valence-electron chi connectivity index (χ3n) is 4.58. The number of hydrogen-bond acceptors (Lipinski definition) is 5. The van der Waals surface area contributed by atoms with E-state index in [0.29, 0.717) is 27.5 Å². The Balaban J connectivity index is 1.62. The third kappa shape index (κ3) is 4.75. The molecule has 0 saturated carbocycles. The van der Waals surface area contributed by atoms with Gasteiger partial charge in [-0.25, -0.2) is 0 Å². The van der Waals surface area contributed by atoms with E-state index in [-0.39, 0.29) is 12.4 Å². The predicted molar refractivity (Wildman–Crippen MR) is 112 cm³/mol. The van der Waals surface area contributed by atoms with E-state index in [1.165, 1.54) is 17.3 Å². The summed E-state index contributed by atoms with van der Waals surface area (Å²) in [6.45, 7) is 6.33. The molecule has 3 aromatic rings. The molecule has 0 aliphatic rings. The Bertz CT molecular complexity index is 1000. The second-order valence-electron chi connectivity index (χ2n) is 6.66. The van der Waals surface area contributed by atoms with Gasteiger partial charge in [0.2, 0.25) is 0 Å². The molecule has 0 atom stereocenters. The van der Waals surface area contributed by atoms with Crippen LogP contribution < -0.4 is 4.74 Å². The maximum Gasteiger partial charge on any atom is 0.191 e. The molecule has 28 heavy (non-hydrogen) atoms. The lowest BCUT2D eigenvalue weighted by Crippen LogP contribution is -2.08. The Morgan fingerprint density at radius 3 is 2.46 bits per heavy atom. The predicted octanol–water partition coefficient (Wildman–Crippen LogP) is 4.95. The number of halogens is 1. The minimum absolute atomic E-state index is 0.0903. The highest BCUT2D eigenvalue weighted by molar-refractivity contribution is 7.99. The minimum Gasteiger partial charge on any atom is -0.486 e. The maximum absolute atomic E-state index is 12.6. The smallest absolute Gasteiger partial charge is 0.191 e. The summed E-state index contributed by atoms with van der Waals surface area (Å²) in [7, 11) is 1.87. The number of carbonyl (C=O) groups is 1. The van der Waals surface area contributed by atoms with Gasteiger partial charge in [-0.3, -0.25) is 4.79 Å². The highest BCUT2D eigenvalue weighted by Gasteiger charge is 2.15. The van der Waals surface area contributed by atoms with Crippen molar-refractivity contribution in [2.75, 3.05) is 5.75 Å². The topological polar surface area (TPSA) is 57.0 Å². The maximum atomic E-state index is 12.6. The first-order valence-corrected chi connectivity index (χ1v) is 10.2. The molecule has 1 heterocycles. The highest BCUT2D eigenvalue weighted by atomic mass is 35.5. The van der Waals surface area contributed by atoms with E-state index in [4.69, 9.17) is 16.3 Å². The van der Waals surface area contributed by atoms with Crippen LogP contribution in [0.25, 0.3) is 0 Å². The minimum atomic E-state index is 0.0903. The summed E-state index contributed by atoms with van der Waals surface area (Å²) in [4.78, 5) is 12.6. The number of Topliss-reactive ketones (excluding diaryl/α,β-unsaturated/α-hetero) is 1. The lowest BCUT2D eigenvalue weighted by Gasteiger charge is -2.09. The van der Waals surface area contributed by atoms with Crippen LogP contribution in [0, 0.1) is 20.8 Å². The summed E-state index contributed by atoms with van der Waals surface area (Å²) >= 11 is 7.26. The first-order valence-electron chi connectivity index (χ1n) is 8.85. The van der Waals surface area contributed by atoms with Gasteiger partial charge in [-0.1, -0.05) is 29.4 Å². The van der Waals surface area contributed by atoms with Crippen molar-refractivity contribution < 1.29 is 9.53 Å². The Hall–Kier alpha value is -2.31. The Morgan fingerprint density at radius 2 is 1.75 bits per heavy atom. The summed E-state index contributed by atoms with van der Waals surface area (Å²) in [5.74, 6) is 1.80. The quantitative estimate of drug-likeness (QED) is 0.403. The van der Waals surface area contributed by atoms with Crippen molar-refractivity contribution in [3.8, 4) is 5.75 Å². The molecule has 0 spiro atoms. The highest BCUT2D eigenvalue weighted by Crippen LogP contribution is 2.22. The Morgan fingerprint density at radius 1 is 1.07 bits per heavy atom. The average molecular weight is 416 g/mol. The molecule has 0 aliphatic heterocycles. The molecular formula is C21H22ClN3O2S. The molecule has 1 aromatic heterocycles. The van der Waals surface area contributed by atoms with E-state index in [2.05, 4.69) is 23.2 Å². The van der Waals surface area contributed by atoms with Crippen LogP contribution in [0.4, 0.5) is 0 Å². The van der Waals surface area contributed by atoms with Crippen LogP contribution in [0.3, 0.4) is 0 Å². The van der Waals surface area contributed by atoms with Gasteiger partial charge in [0, 0.05) is 17.6 Å². The fraction of sp³-hybridized carbons (Fsp3) is 0.286. The van der Waals surface area contributed by atoms with Gasteiger partial charge < -0.3 is 9.30 Å². The first-order chi connectivity index (χ1) is 13.3. The van der Waals surface area contributed by atoms with Crippen LogP contribution in [0.15, 0.2) is 41.6 Å². The van der Waals surface area contributed by atoms with E-state index < -0.39 is 0 Å². The zero-order valence-electron chi connectivity index (χ0n) is 16.3. The first kappa shape index (κ1) is 20.4. The summed E-state index contributed by atoms with van der Waals surface area (Å²) in [6, 6.07) is 11.2. The van der Waals surface area contributed by atoms with Gasteiger partial charge in [0.25, 0.3) is 0 Å². The number of nitrogens with zero attached hydrogens (tertiary/aromatic N) is 3. The third-order valence-corrected chi connectivity index (χ3v) is 5.85. The summed E-state index contributed by atoms with van der Waals surface area (Å²) in [5, 5.41) is 9.70. The number of ether oxygens (including phenoxy) is 1. The molecule has 0 N–H and O–H groups in total. The lowest BCUT2D eigenvalue weighted by molar-refractivity contribution is 0.102. The molecular weight excluding hydrogens is 394 g/mol. The van der Waals surface area contributed by atoms with Crippen molar-refractivity contribution in [3.63, 3.8) is 0 Å². The van der Waals surface area contributed by atoms with Crippen molar-refractivity contribution in [1.29, 1.82) is 0 Å². The molecule has 0 saturated heterocycles. The van der Waals surface area contributed by atoms with Crippen molar-refractivity contribution in [2.45, 2.75) is 32.5 Å². The van der Waals surface area contributed by atoms with Crippen molar-refractivity contribution in [1.82, 2.24) is 14.8 Å². The number of rotatable bonds is 7. The Labute approximate surface area is 174 Å². The number of hydrogen-bond donors (Lipinski definition) is 0. The molecule has 3 rings (SSSR count). The fourth-order valence-corrected chi connectivity index (χ4v) is 3.68. The molecule has 0 fully saturated rings. The van der Waals surface area contributed by atoms with E-state index in [0.717, 1.165) is 16.7 Å². The van der Waals surface area contributed by atoms with Crippen molar-refractivity contribution in [2.24, 2.45) is 7.05 Å². The Kier molecular flexibility index (Phi) is 6.42. The number of benzene rings is 2. The van der Waals surface area contributed by atoms with Crippen LogP contribution in [-0.2, 0) is 13.7 Å². The van der Waals surface area contributed by atoms with E-state index in [9.17, 15) is 4.79 Å². The second kappa shape index (κ2) is 8.80. The standard InChI is InChI=1S/C21H22ClN3O2S/c1-13-9-15(3)18(10-14(13)2)19(26)12-28-21-24-23-20(25(21)4)11-27-17-7-5-16(22)6-8-17/h5-10H,11-12H2,1-4H3. The summed E-state index contributed by atoms with van der Waals surface area (Å²) < 4.78 is 7.57. The molecule has 0 aliphatic carbocycles. The van der Waals surface area contributed by atoms with Gasteiger partial charge in [0.1, 0.15) is 12.4 Å². The van der Waals surface area contributed by atoms with Crippen LogP contribution in [-0.4, -0.2) is 26.3 Å². The summed E-state index contributed by atoms with van der Waals surface area (Å²) in [6.07, 6.45) is 0. The van der Waals surface area contributed by atoms with E-state index >= 15 is 0 Å². The molecule has 2 aromatic carbocycles. The van der Waals surface area contributed by atoms with Gasteiger partial charge in [0.15, 0.2) is 16.8 Å². The number of ketones is 1. The second-order valence-corrected chi connectivity index (χ2v) is 8.04. The van der Waals surface area contributed by atoms with Gasteiger partial charge in [-0.05, 0) is 67.8 Å². The van der Waals surface area contributed by atoms with Crippen LogP contribution in [0.2, 0.25) is 5.02 Å². The summed E-state index contributed by atoms with van der Waals surface area (Å²) in [5.41, 5.74) is 4.09. The van der Waals surface area contributed by atoms with Gasteiger partial charge in [-0.2, -0.15) is 0 Å². The average Bonchev–Trinajstić information content (AvgIpc) is 3.02. The van der Waals surface area contributed by atoms with Crippen molar-refractivity contribution >= 4 is 29.1 Å². The number of thioether (sulfide) groups is 1. The SMILES string of the molecule is Cc1cc(C)c(C(=O)CSc2nnc(COc3ccc(Cl)cc3)n2C)cc1C. The van der Waals surface area contributed by atoms with Gasteiger partial charge in [0.05, 0.1) is 5.75 Å². The molecule has 5 nitrogen and oxygen atoms in total. The number of aryl methyl sites for hydroxylation is 3. The van der Waals surface area contributed by atoms with Crippen LogP contribution in [0.1, 0.15) is 32.9 Å². The molecule has 0 amide bonds. The fourth-order valence-electron chi connectivity index (χ4n) is 2.74.